The van der Waals surface area contributed by atoms with Crippen molar-refractivity contribution in [3.05, 3.63) is 16.7 Å². The van der Waals surface area contributed by atoms with Crippen molar-refractivity contribution >= 4 is 17.9 Å². The number of quaternary nitrogens is 1. The van der Waals surface area contributed by atoms with Crippen LogP contribution in [0, 0.1) is 5.21 Å². The average molecular weight is 148 g/mol. The molecule has 0 bridgehead atoms. The van der Waals surface area contributed by atoms with Crippen LogP contribution in [-0.2, 0) is 4.79 Å². The molecule has 0 aliphatic carbocycles. The van der Waals surface area contributed by atoms with Gasteiger partial charge < -0.3 is 5.21 Å². The predicted octanol–water partition coefficient (Wildman–Crippen LogP) is -0.103. The molecule has 9 heavy (non-hydrogen) atoms. The molecule has 0 aromatic rings. The second-order valence-electron chi connectivity index (χ2n) is 1.40. The lowest BCUT2D eigenvalue weighted by atomic mass is 10.6. The summed E-state index contributed by atoms with van der Waals surface area (Å²) in [6.07, 6.45) is 1.16. The average Bonchev–Trinajstić information content (AvgIpc) is 1.60. The van der Waals surface area contributed by atoms with E-state index in [1.807, 2.05) is 0 Å². The number of hydrogen-bond donors (Lipinski definition) is 2. The van der Waals surface area contributed by atoms with Gasteiger partial charge in [0, 0.05) is 11.5 Å². The molecule has 0 saturated heterocycles. The number of carbonyl (C=O) groups excluding carboxylic acids is 1. The van der Waals surface area contributed by atoms with E-state index in [4.69, 9.17) is 5.21 Å². The Kier molecular flexibility index (Phi) is 1.45. The third-order valence-corrected chi connectivity index (χ3v) is 1.31. The molecular formula is C3H4N2O3S. The molecule has 0 aromatic heterocycles. The van der Waals surface area contributed by atoms with Crippen LogP contribution in [0.15, 0.2) is 11.5 Å². The van der Waals surface area contributed by atoms with Gasteiger partial charge in [-0.25, -0.2) is 0 Å². The Morgan fingerprint density at radius 3 is 2.89 bits per heavy atom. The molecule has 6 heteroatoms. The standard InChI is InChI=1S/C3H4N2O3S/c6-3-1-2-9-5(7,8)4-3/h1-2,7H,(H,4,6). The first-order valence-corrected chi connectivity index (χ1v) is 2.94. The van der Waals surface area contributed by atoms with Gasteiger partial charge in [0.15, 0.2) is 11.9 Å². The SMILES string of the molecule is O=C1C=CS[N+]([O-])(O)N1. The van der Waals surface area contributed by atoms with E-state index in [9.17, 15) is 10.0 Å². The fourth-order valence-corrected chi connectivity index (χ4v) is 0.870. The second-order valence-corrected chi connectivity index (χ2v) is 2.38. The van der Waals surface area contributed by atoms with Crippen molar-refractivity contribution in [1.29, 1.82) is 0 Å². The summed E-state index contributed by atoms with van der Waals surface area (Å²) >= 11 is 0.549. The van der Waals surface area contributed by atoms with E-state index in [0.29, 0.717) is 11.9 Å². The summed E-state index contributed by atoms with van der Waals surface area (Å²) in [6.45, 7) is 0. The summed E-state index contributed by atoms with van der Waals surface area (Å²) < 4.78 is -1.78. The molecule has 1 atom stereocenters. The van der Waals surface area contributed by atoms with Gasteiger partial charge in [0.2, 0.25) is 0 Å². The molecule has 0 spiro atoms. The number of carbonyl (C=O) groups is 1. The van der Waals surface area contributed by atoms with Crippen LogP contribution >= 0.6 is 11.9 Å². The highest BCUT2D eigenvalue weighted by molar-refractivity contribution is 7.96. The first kappa shape index (κ1) is 6.56. The van der Waals surface area contributed by atoms with Crippen LogP contribution in [0.5, 0.6) is 0 Å². The second kappa shape index (κ2) is 1.99. The van der Waals surface area contributed by atoms with Crippen LogP contribution in [0.2, 0.25) is 0 Å². The molecule has 1 rings (SSSR count). The van der Waals surface area contributed by atoms with Gasteiger partial charge in [-0.1, -0.05) is 0 Å². The predicted molar refractivity (Wildman–Crippen MR) is 30.3 cm³/mol. The van der Waals surface area contributed by atoms with Crippen molar-refractivity contribution in [2.45, 2.75) is 0 Å². The Morgan fingerprint density at radius 1 is 1.89 bits per heavy atom. The zero-order chi connectivity index (χ0) is 6.91. The van der Waals surface area contributed by atoms with Gasteiger partial charge in [0.25, 0.3) is 5.91 Å². The Balaban J connectivity index is 2.68. The monoisotopic (exact) mass is 148 g/mol. The van der Waals surface area contributed by atoms with E-state index in [1.165, 1.54) is 5.41 Å². The van der Waals surface area contributed by atoms with Crippen molar-refractivity contribution in [2.75, 3.05) is 0 Å². The van der Waals surface area contributed by atoms with Gasteiger partial charge in [-0.05, 0) is 4.32 Å². The van der Waals surface area contributed by atoms with E-state index in [-0.39, 0.29) is 0 Å². The first-order valence-electron chi connectivity index (χ1n) is 2.10. The van der Waals surface area contributed by atoms with Crippen LogP contribution in [0.1, 0.15) is 0 Å². The molecule has 50 valence electrons. The highest BCUT2D eigenvalue weighted by Crippen LogP contribution is 2.17. The zero-order valence-electron chi connectivity index (χ0n) is 4.27. The van der Waals surface area contributed by atoms with Crippen LogP contribution in [-0.4, -0.2) is 15.4 Å². The molecule has 0 saturated carbocycles. The molecule has 1 amide bonds. The van der Waals surface area contributed by atoms with Crippen LogP contribution in [0.4, 0.5) is 0 Å². The largest absolute Gasteiger partial charge is 0.560 e. The first-order chi connectivity index (χ1) is 4.10. The molecule has 1 aliphatic rings. The van der Waals surface area contributed by atoms with Gasteiger partial charge in [-0.15, -0.1) is 0 Å². The molecule has 1 aliphatic heterocycles. The van der Waals surface area contributed by atoms with Crippen molar-refractivity contribution in [2.24, 2.45) is 0 Å². The maximum absolute atomic E-state index is 10.4. The zero-order valence-corrected chi connectivity index (χ0v) is 5.09. The van der Waals surface area contributed by atoms with Gasteiger partial charge in [0.1, 0.15) is 0 Å². The summed E-state index contributed by atoms with van der Waals surface area (Å²) in [5.41, 5.74) is 1.73. The molecular weight excluding hydrogens is 144 g/mol. The Bertz CT molecular complexity index is 166. The van der Waals surface area contributed by atoms with Gasteiger partial charge in [-0.2, -0.15) is 10.6 Å². The van der Waals surface area contributed by atoms with Crippen molar-refractivity contribution in [3.63, 3.8) is 0 Å². The summed E-state index contributed by atoms with van der Waals surface area (Å²) in [5.74, 6) is -0.591. The topological polar surface area (TPSA) is 72.4 Å². The van der Waals surface area contributed by atoms with Crippen molar-refractivity contribution in [1.82, 2.24) is 5.43 Å². The minimum atomic E-state index is -1.78. The fourth-order valence-electron chi connectivity index (χ4n) is 0.378. The van der Waals surface area contributed by atoms with Gasteiger partial charge in [0.05, 0.1) is 0 Å². The maximum atomic E-state index is 10.4. The van der Waals surface area contributed by atoms with E-state index in [0.717, 1.165) is 6.08 Å². The summed E-state index contributed by atoms with van der Waals surface area (Å²) in [6, 6.07) is 0. The fraction of sp³-hybridized carbons (Fsp3) is 0. The lowest BCUT2D eigenvalue weighted by molar-refractivity contribution is -0.981. The molecule has 1 heterocycles. The highest BCUT2D eigenvalue weighted by Gasteiger charge is 2.21. The molecule has 0 aromatic carbocycles. The Hall–Kier alpha value is -0.560. The number of nitrogens with zero attached hydrogens (tertiary/aromatic N) is 1. The third kappa shape index (κ3) is 1.68. The lowest BCUT2D eigenvalue weighted by Crippen LogP contribution is -2.48. The van der Waals surface area contributed by atoms with Crippen LogP contribution in [0.25, 0.3) is 0 Å². The third-order valence-electron chi connectivity index (χ3n) is 0.675. The van der Waals surface area contributed by atoms with E-state index >= 15 is 0 Å². The van der Waals surface area contributed by atoms with Crippen molar-refractivity contribution in [3.8, 4) is 0 Å². The Labute approximate surface area is 55.2 Å². The quantitative estimate of drug-likeness (QED) is 0.286. The van der Waals surface area contributed by atoms with E-state index < -0.39 is 10.2 Å². The minimum absolute atomic E-state index is 0.549. The molecule has 0 radical (unpaired) electrons. The molecule has 2 N–H and O–H groups in total. The van der Waals surface area contributed by atoms with Crippen LogP contribution < -0.4 is 5.43 Å². The molecule has 5 nitrogen and oxygen atoms in total. The lowest BCUT2D eigenvalue weighted by Gasteiger charge is -2.28. The van der Waals surface area contributed by atoms with Gasteiger partial charge in [-0.3, -0.25) is 4.79 Å². The van der Waals surface area contributed by atoms with E-state index in [2.05, 4.69) is 0 Å². The molecule has 0 fully saturated rings. The summed E-state index contributed by atoms with van der Waals surface area (Å²) in [4.78, 5) is 10.3. The van der Waals surface area contributed by atoms with Crippen molar-refractivity contribution < 1.29 is 14.3 Å². The number of rotatable bonds is 0. The minimum Gasteiger partial charge on any atom is -0.560 e. The molecule has 1 unspecified atom stereocenters. The number of hydrogen-bond acceptors (Lipinski definition) is 4. The smallest absolute Gasteiger partial charge is 0.293 e. The van der Waals surface area contributed by atoms with Gasteiger partial charge >= 0.3 is 0 Å². The van der Waals surface area contributed by atoms with Crippen LogP contribution in [0.3, 0.4) is 0 Å². The Morgan fingerprint density at radius 2 is 2.56 bits per heavy atom. The maximum Gasteiger partial charge on any atom is 0.293 e. The van der Waals surface area contributed by atoms with E-state index in [1.54, 1.807) is 5.43 Å². The number of amides is 1. The highest BCUT2D eigenvalue weighted by atomic mass is 32.2. The summed E-state index contributed by atoms with van der Waals surface area (Å²) in [7, 11) is 0. The summed E-state index contributed by atoms with van der Waals surface area (Å²) in [5, 5.41) is 20.1. The number of nitrogens with one attached hydrogen (secondary N) is 1. The normalized spacial score (nSPS) is 34.2.